The molecule has 0 spiro atoms. The molecule has 2 N–H and O–H groups in total. The van der Waals surface area contributed by atoms with Crippen LogP contribution in [0.15, 0.2) is 0 Å². The molecule has 0 aromatic rings. The first-order valence-electron chi connectivity index (χ1n) is 7.44. The van der Waals surface area contributed by atoms with Crippen LogP contribution >= 0.6 is 0 Å². The molecule has 17 heavy (non-hydrogen) atoms. The van der Waals surface area contributed by atoms with Crippen LogP contribution in [0.3, 0.4) is 0 Å². The molecule has 0 unspecified atom stereocenters. The Morgan fingerprint density at radius 3 is 2.12 bits per heavy atom. The fourth-order valence-corrected chi connectivity index (χ4v) is 1.61. The maximum Gasteiger partial charge on any atom is 0.322 e. The van der Waals surface area contributed by atoms with Gasteiger partial charge in [-0.2, -0.15) is 0 Å². The highest BCUT2D eigenvalue weighted by Crippen LogP contribution is 2.09. The number of hydrogen-bond acceptors (Lipinski definition) is 2. The van der Waals surface area contributed by atoms with E-state index in [-0.39, 0.29) is 6.42 Å². The van der Waals surface area contributed by atoms with Gasteiger partial charge in [0.25, 0.3) is 0 Å². The Bertz CT molecular complexity index is 283. The second kappa shape index (κ2) is 11.4. The number of amides is 1. The number of carbonyl (C=O) groups is 2. The molecule has 0 saturated carbocycles. The topological polar surface area (TPSA) is 66.4 Å². The third-order valence-corrected chi connectivity index (χ3v) is 2.57. The lowest BCUT2D eigenvalue weighted by molar-refractivity contribution is -0.137. The summed E-state index contributed by atoms with van der Waals surface area (Å²) in [7, 11) is 0. The van der Waals surface area contributed by atoms with Gasteiger partial charge >= 0.3 is 5.97 Å². The zero-order valence-electron chi connectivity index (χ0n) is 12.6. The average molecular weight is 245 g/mol. The highest BCUT2D eigenvalue weighted by molar-refractivity contribution is 5.80. The smallest absolute Gasteiger partial charge is 0.322 e. The normalized spacial score (nSPS) is 12.8. The molecule has 0 aliphatic heterocycles. The van der Waals surface area contributed by atoms with Crippen LogP contribution in [-0.2, 0) is 9.59 Å². The molecule has 0 bridgehead atoms. The summed E-state index contributed by atoms with van der Waals surface area (Å²) < 4.78 is 14.1. The number of aliphatic carboxylic acids is 1. The Morgan fingerprint density at radius 2 is 1.59 bits per heavy atom. The summed E-state index contributed by atoms with van der Waals surface area (Å²) in [5, 5.41) is 10.4. The van der Waals surface area contributed by atoms with Crippen molar-refractivity contribution in [2.24, 2.45) is 0 Å². The van der Waals surface area contributed by atoms with Crippen molar-refractivity contribution in [2.45, 2.75) is 64.7 Å². The van der Waals surface area contributed by atoms with Gasteiger partial charge in [0.15, 0.2) is 0 Å². The highest BCUT2D eigenvalue weighted by Gasteiger charge is 2.02. The molecular weight excluding hydrogens is 218 g/mol. The van der Waals surface area contributed by atoms with Gasteiger partial charge in [-0.1, -0.05) is 51.9 Å². The molecule has 0 heterocycles. The van der Waals surface area contributed by atoms with E-state index in [0.29, 0.717) is 6.42 Å². The predicted octanol–water partition coefficient (Wildman–Crippen LogP) is 2.72. The van der Waals surface area contributed by atoms with Crippen LogP contribution in [0.1, 0.15) is 67.5 Å². The third kappa shape index (κ3) is 12.9. The Balaban J connectivity index is 3.52. The zero-order chi connectivity index (χ0) is 14.7. The van der Waals surface area contributed by atoms with Gasteiger partial charge in [0.05, 0.1) is 2.74 Å². The second-order valence-corrected chi connectivity index (χ2v) is 4.20. The van der Waals surface area contributed by atoms with E-state index in [4.69, 9.17) is 7.85 Å². The molecule has 0 aliphatic carbocycles. The first-order chi connectivity index (χ1) is 8.90. The van der Waals surface area contributed by atoms with Crippen molar-refractivity contribution >= 4 is 11.9 Å². The molecule has 4 nitrogen and oxygen atoms in total. The molecule has 100 valence electrons. The van der Waals surface area contributed by atoms with Gasteiger partial charge in [0.1, 0.15) is 6.50 Å². The van der Waals surface area contributed by atoms with E-state index in [0.717, 1.165) is 19.3 Å². The quantitative estimate of drug-likeness (QED) is 0.550. The molecule has 0 rings (SSSR count). The minimum atomic E-state index is -2.67. The molecule has 0 atom stereocenters. The van der Waals surface area contributed by atoms with Crippen LogP contribution in [0.25, 0.3) is 0 Å². The van der Waals surface area contributed by atoms with Crippen molar-refractivity contribution in [2.75, 3.05) is 6.50 Å². The fourth-order valence-electron chi connectivity index (χ4n) is 1.61. The molecule has 1 amide bonds. The van der Waals surface area contributed by atoms with Gasteiger partial charge < -0.3 is 10.4 Å². The summed E-state index contributed by atoms with van der Waals surface area (Å²) in [6.07, 6.45) is 9.00. The molecule has 0 aromatic carbocycles. The number of carboxylic acid groups (broad SMARTS) is 1. The van der Waals surface area contributed by atoms with Crippen molar-refractivity contribution in [3.8, 4) is 0 Å². The first kappa shape index (κ1) is 12.4. The minimum Gasteiger partial charge on any atom is -0.480 e. The zero-order valence-corrected chi connectivity index (χ0v) is 10.6. The van der Waals surface area contributed by atoms with E-state index in [1.807, 2.05) is 5.32 Å². The van der Waals surface area contributed by atoms with E-state index >= 15 is 0 Å². The van der Waals surface area contributed by atoms with Gasteiger partial charge in [-0.05, 0) is 6.42 Å². The SMILES string of the molecule is [2H]C([2H])(NC(=O)CCCCCCCCCC)C(=O)O. The van der Waals surface area contributed by atoms with Crippen LogP contribution in [-0.4, -0.2) is 23.5 Å². The van der Waals surface area contributed by atoms with Crippen LogP contribution in [0.4, 0.5) is 0 Å². The Morgan fingerprint density at radius 1 is 1.06 bits per heavy atom. The molecule has 0 radical (unpaired) electrons. The highest BCUT2D eigenvalue weighted by atomic mass is 16.4. The van der Waals surface area contributed by atoms with E-state index < -0.39 is 18.4 Å². The number of carbonyl (C=O) groups excluding carboxylic acids is 1. The lowest BCUT2D eigenvalue weighted by Gasteiger charge is -2.02. The van der Waals surface area contributed by atoms with Crippen LogP contribution in [0.2, 0.25) is 0 Å². The summed E-state index contributed by atoms with van der Waals surface area (Å²) in [5.41, 5.74) is 0. The van der Waals surface area contributed by atoms with Crippen molar-refractivity contribution in [3.05, 3.63) is 0 Å². The van der Waals surface area contributed by atoms with Gasteiger partial charge in [0.2, 0.25) is 5.91 Å². The Labute approximate surface area is 107 Å². The van der Waals surface area contributed by atoms with Crippen molar-refractivity contribution in [1.82, 2.24) is 5.32 Å². The van der Waals surface area contributed by atoms with E-state index in [1.54, 1.807) is 0 Å². The number of hydrogen-bond donors (Lipinski definition) is 2. The number of unbranched alkanes of at least 4 members (excludes halogenated alkanes) is 7. The maximum atomic E-state index is 11.3. The summed E-state index contributed by atoms with van der Waals surface area (Å²) in [4.78, 5) is 21.8. The summed E-state index contributed by atoms with van der Waals surface area (Å²) >= 11 is 0. The van der Waals surface area contributed by atoms with E-state index in [2.05, 4.69) is 6.92 Å². The van der Waals surface area contributed by atoms with Gasteiger partial charge in [-0.15, -0.1) is 0 Å². The fraction of sp³-hybridized carbons (Fsp3) is 0.846. The second-order valence-electron chi connectivity index (χ2n) is 4.20. The molecule has 0 aromatic heterocycles. The van der Waals surface area contributed by atoms with Gasteiger partial charge in [-0.25, -0.2) is 0 Å². The van der Waals surface area contributed by atoms with Gasteiger partial charge in [0, 0.05) is 6.42 Å². The summed E-state index contributed by atoms with van der Waals surface area (Å²) in [6.45, 7) is -0.494. The van der Waals surface area contributed by atoms with Crippen LogP contribution in [0, 0.1) is 0 Å². The van der Waals surface area contributed by atoms with Crippen molar-refractivity contribution in [3.63, 3.8) is 0 Å². The first-order valence-corrected chi connectivity index (χ1v) is 6.44. The van der Waals surface area contributed by atoms with Crippen molar-refractivity contribution < 1.29 is 17.4 Å². The lowest BCUT2D eigenvalue weighted by atomic mass is 10.1. The van der Waals surface area contributed by atoms with E-state index in [1.165, 1.54) is 25.7 Å². The molecular formula is C13H25NO3. The molecule has 0 fully saturated rings. The Hall–Kier alpha value is -1.06. The van der Waals surface area contributed by atoms with E-state index in [9.17, 15) is 9.59 Å². The predicted molar refractivity (Wildman–Crippen MR) is 67.9 cm³/mol. The molecule has 4 heteroatoms. The molecule has 0 aliphatic rings. The number of carboxylic acids is 1. The van der Waals surface area contributed by atoms with Crippen LogP contribution < -0.4 is 5.32 Å². The average Bonchev–Trinajstić information content (AvgIpc) is 2.31. The van der Waals surface area contributed by atoms with Crippen LogP contribution in [0.5, 0.6) is 0 Å². The summed E-state index contributed by atoms with van der Waals surface area (Å²) in [6, 6.07) is 0. The third-order valence-electron chi connectivity index (χ3n) is 2.57. The Kier molecular flexibility index (Phi) is 8.33. The van der Waals surface area contributed by atoms with Gasteiger partial charge in [-0.3, -0.25) is 9.59 Å². The van der Waals surface area contributed by atoms with Crippen molar-refractivity contribution in [1.29, 1.82) is 0 Å². The number of nitrogens with one attached hydrogen (secondary N) is 1. The largest absolute Gasteiger partial charge is 0.480 e. The monoisotopic (exact) mass is 245 g/mol. The maximum absolute atomic E-state index is 11.3. The minimum absolute atomic E-state index is 0.182. The molecule has 0 saturated heterocycles. The number of rotatable bonds is 11. The lowest BCUT2D eigenvalue weighted by Crippen LogP contribution is -2.28. The standard InChI is InChI=1S/C13H25NO3/c1-2-3-4-5-6-7-8-9-10-12(15)14-11-13(16)17/h2-11H2,1H3,(H,14,15)(H,16,17)/i11D2. The summed E-state index contributed by atoms with van der Waals surface area (Å²) in [5.74, 6) is -2.21.